The number of nitrogens with one attached hydrogen (secondary N) is 1. The predicted molar refractivity (Wildman–Crippen MR) is 88.6 cm³/mol. The van der Waals surface area contributed by atoms with E-state index in [1.807, 2.05) is 51.9 Å². The molecule has 0 bridgehead atoms. The first-order chi connectivity index (χ1) is 10.3. The zero-order valence-electron chi connectivity index (χ0n) is 13.5. The number of hydrogen-bond donors (Lipinski definition) is 1. The molecule has 0 fully saturated rings. The van der Waals surface area contributed by atoms with Crippen molar-refractivity contribution in [2.45, 2.75) is 33.4 Å². The molecule has 1 unspecified atom stereocenters. The fourth-order valence-electron chi connectivity index (χ4n) is 2.20. The van der Waals surface area contributed by atoms with Crippen molar-refractivity contribution in [1.29, 1.82) is 0 Å². The van der Waals surface area contributed by atoms with Crippen molar-refractivity contribution in [1.82, 2.24) is 14.7 Å². The summed E-state index contributed by atoms with van der Waals surface area (Å²) in [6.45, 7) is 6.25. The van der Waals surface area contributed by atoms with Crippen LogP contribution in [-0.2, 0) is 18.4 Å². The number of anilines is 1. The van der Waals surface area contributed by atoms with Gasteiger partial charge in [-0.05, 0) is 55.9 Å². The quantitative estimate of drug-likeness (QED) is 0.881. The first-order valence-corrected chi connectivity index (χ1v) is 7.84. The molecule has 0 aliphatic rings. The average molecular weight is 369 g/mol. The van der Waals surface area contributed by atoms with Crippen LogP contribution in [0.4, 0.5) is 5.69 Å². The van der Waals surface area contributed by atoms with E-state index in [1.54, 1.807) is 4.68 Å². The van der Waals surface area contributed by atoms with Crippen LogP contribution in [0.15, 0.2) is 21.2 Å². The number of halogens is 1. The Balaban J connectivity index is 2.02. The minimum atomic E-state index is -0.289. The van der Waals surface area contributed by atoms with E-state index >= 15 is 0 Å². The van der Waals surface area contributed by atoms with E-state index in [4.69, 9.17) is 4.42 Å². The Morgan fingerprint density at radius 2 is 2.18 bits per heavy atom. The second kappa shape index (κ2) is 6.66. The minimum absolute atomic E-state index is 0.0627. The van der Waals surface area contributed by atoms with Crippen molar-refractivity contribution in [3.05, 3.63) is 34.0 Å². The van der Waals surface area contributed by atoms with E-state index < -0.39 is 0 Å². The van der Waals surface area contributed by atoms with Crippen LogP contribution >= 0.6 is 15.9 Å². The van der Waals surface area contributed by atoms with Gasteiger partial charge < -0.3 is 9.73 Å². The Hall–Kier alpha value is -1.60. The lowest BCUT2D eigenvalue weighted by Crippen LogP contribution is -2.39. The van der Waals surface area contributed by atoms with Crippen molar-refractivity contribution >= 4 is 27.5 Å². The SMILES string of the molecule is Cc1nn(C)c(C)c1NC(=O)C(C)N(C)Cc1ccc(Br)o1. The van der Waals surface area contributed by atoms with Crippen LogP contribution in [0.1, 0.15) is 24.1 Å². The molecule has 0 radical (unpaired) electrons. The highest BCUT2D eigenvalue weighted by Crippen LogP contribution is 2.20. The van der Waals surface area contributed by atoms with E-state index in [9.17, 15) is 4.79 Å². The van der Waals surface area contributed by atoms with Gasteiger partial charge in [-0.25, -0.2) is 0 Å². The van der Waals surface area contributed by atoms with Crippen molar-refractivity contribution < 1.29 is 9.21 Å². The van der Waals surface area contributed by atoms with Gasteiger partial charge >= 0.3 is 0 Å². The first kappa shape index (κ1) is 16.8. The number of carbonyl (C=O) groups excluding carboxylic acids is 1. The zero-order chi connectivity index (χ0) is 16.4. The summed E-state index contributed by atoms with van der Waals surface area (Å²) in [6.07, 6.45) is 0. The standard InChI is InChI=1S/C15H21BrN4O2/c1-9-14(10(2)20(5)18-9)17-15(21)11(3)19(4)8-12-6-7-13(16)22-12/h6-7,11H,8H2,1-5H3,(H,17,21). The Kier molecular flexibility index (Phi) is 5.08. The lowest BCUT2D eigenvalue weighted by molar-refractivity contribution is -0.120. The lowest BCUT2D eigenvalue weighted by Gasteiger charge is -2.22. The highest BCUT2D eigenvalue weighted by Gasteiger charge is 2.21. The molecule has 0 aliphatic carbocycles. The summed E-state index contributed by atoms with van der Waals surface area (Å²) >= 11 is 3.28. The summed E-state index contributed by atoms with van der Waals surface area (Å²) in [4.78, 5) is 14.4. The maximum Gasteiger partial charge on any atom is 0.241 e. The molecule has 0 aliphatic heterocycles. The molecule has 2 heterocycles. The molecule has 0 spiro atoms. The average Bonchev–Trinajstić information content (AvgIpc) is 2.96. The molecule has 2 rings (SSSR count). The molecule has 0 saturated heterocycles. The van der Waals surface area contributed by atoms with Crippen molar-refractivity contribution in [3.63, 3.8) is 0 Å². The molecule has 2 aromatic heterocycles. The summed E-state index contributed by atoms with van der Waals surface area (Å²) in [6, 6.07) is 3.44. The molecule has 1 amide bonds. The Bertz CT molecular complexity index is 677. The number of aromatic nitrogens is 2. The number of hydrogen-bond acceptors (Lipinski definition) is 4. The van der Waals surface area contributed by atoms with Crippen LogP contribution in [0.25, 0.3) is 0 Å². The van der Waals surface area contributed by atoms with E-state index in [0.717, 1.165) is 22.8 Å². The molecule has 120 valence electrons. The molecule has 0 aromatic carbocycles. The maximum atomic E-state index is 12.4. The topological polar surface area (TPSA) is 63.3 Å². The summed E-state index contributed by atoms with van der Waals surface area (Å²) in [5, 5.41) is 7.27. The van der Waals surface area contributed by atoms with Crippen molar-refractivity contribution in [3.8, 4) is 0 Å². The normalized spacial score (nSPS) is 12.7. The monoisotopic (exact) mass is 368 g/mol. The summed E-state index contributed by atoms with van der Waals surface area (Å²) in [5.74, 6) is 0.745. The number of amides is 1. The van der Waals surface area contributed by atoms with E-state index in [1.165, 1.54) is 0 Å². The van der Waals surface area contributed by atoms with Gasteiger partial charge in [-0.2, -0.15) is 5.10 Å². The molecular formula is C15H21BrN4O2. The van der Waals surface area contributed by atoms with Crippen molar-refractivity contribution in [2.24, 2.45) is 7.05 Å². The summed E-state index contributed by atoms with van der Waals surface area (Å²) in [7, 11) is 3.76. The Morgan fingerprint density at radius 3 is 2.68 bits per heavy atom. The van der Waals surface area contributed by atoms with Gasteiger partial charge in [-0.3, -0.25) is 14.4 Å². The third-order valence-electron chi connectivity index (χ3n) is 3.83. The van der Waals surface area contributed by atoms with E-state index in [-0.39, 0.29) is 11.9 Å². The van der Waals surface area contributed by atoms with Gasteiger partial charge in [0.15, 0.2) is 4.67 Å². The molecule has 2 aromatic rings. The molecular weight excluding hydrogens is 348 g/mol. The van der Waals surface area contributed by atoms with Gasteiger partial charge in [0.25, 0.3) is 0 Å². The Labute approximate surface area is 138 Å². The van der Waals surface area contributed by atoms with Gasteiger partial charge in [-0.1, -0.05) is 0 Å². The van der Waals surface area contributed by atoms with E-state index in [2.05, 4.69) is 26.3 Å². The number of likely N-dealkylation sites (N-methyl/N-ethyl adjacent to an activating group) is 1. The molecule has 22 heavy (non-hydrogen) atoms. The Morgan fingerprint density at radius 1 is 1.50 bits per heavy atom. The fourth-order valence-corrected chi connectivity index (χ4v) is 2.54. The fraction of sp³-hybridized carbons (Fsp3) is 0.467. The second-order valence-corrected chi connectivity index (χ2v) is 6.24. The second-order valence-electron chi connectivity index (χ2n) is 5.46. The smallest absolute Gasteiger partial charge is 0.241 e. The van der Waals surface area contributed by atoms with Gasteiger partial charge in [0.2, 0.25) is 5.91 Å². The van der Waals surface area contributed by atoms with Gasteiger partial charge in [0.1, 0.15) is 5.76 Å². The number of nitrogens with zero attached hydrogens (tertiary/aromatic N) is 3. The molecule has 1 atom stereocenters. The van der Waals surface area contributed by atoms with Crippen LogP contribution in [-0.4, -0.2) is 33.7 Å². The third-order valence-corrected chi connectivity index (χ3v) is 4.26. The van der Waals surface area contributed by atoms with Crippen LogP contribution in [0.3, 0.4) is 0 Å². The van der Waals surface area contributed by atoms with Crippen LogP contribution < -0.4 is 5.32 Å². The highest BCUT2D eigenvalue weighted by molar-refractivity contribution is 9.10. The van der Waals surface area contributed by atoms with Gasteiger partial charge in [0, 0.05) is 7.05 Å². The van der Waals surface area contributed by atoms with Gasteiger partial charge in [0.05, 0.1) is 29.7 Å². The van der Waals surface area contributed by atoms with Crippen LogP contribution in [0.2, 0.25) is 0 Å². The summed E-state index contributed by atoms with van der Waals surface area (Å²) < 4.78 is 7.93. The molecule has 0 saturated carbocycles. The molecule has 1 N–H and O–H groups in total. The lowest BCUT2D eigenvalue weighted by atomic mass is 10.2. The number of furan rings is 1. The first-order valence-electron chi connectivity index (χ1n) is 7.05. The number of aryl methyl sites for hydroxylation is 2. The van der Waals surface area contributed by atoms with E-state index in [0.29, 0.717) is 11.2 Å². The van der Waals surface area contributed by atoms with Crippen LogP contribution in [0, 0.1) is 13.8 Å². The summed E-state index contributed by atoms with van der Waals surface area (Å²) in [5.41, 5.74) is 2.54. The van der Waals surface area contributed by atoms with Crippen LogP contribution in [0.5, 0.6) is 0 Å². The third kappa shape index (κ3) is 3.59. The van der Waals surface area contributed by atoms with Gasteiger partial charge in [-0.15, -0.1) is 0 Å². The number of rotatable bonds is 5. The number of carbonyl (C=O) groups is 1. The maximum absolute atomic E-state index is 12.4. The highest BCUT2D eigenvalue weighted by atomic mass is 79.9. The molecule has 7 heteroatoms. The predicted octanol–water partition coefficient (Wildman–Crippen LogP) is 2.85. The molecule has 6 nitrogen and oxygen atoms in total. The minimum Gasteiger partial charge on any atom is -0.453 e. The van der Waals surface area contributed by atoms with Crippen molar-refractivity contribution in [2.75, 3.05) is 12.4 Å². The largest absolute Gasteiger partial charge is 0.453 e. The zero-order valence-corrected chi connectivity index (χ0v) is 15.1.